The van der Waals surface area contributed by atoms with Gasteiger partial charge in [0.15, 0.2) is 0 Å². The van der Waals surface area contributed by atoms with Gasteiger partial charge in [-0.3, -0.25) is 0 Å². The Labute approximate surface area is 356 Å². The highest BCUT2D eigenvalue weighted by Gasteiger charge is 2.48. The highest BCUT2D eigenvalue weighted by Crippen LogP contribution is 2.60. The third kappa shape index (κ3) is 5.59. The zero-order valence-electron chi connectivity index (χ0n) is 35.4. The van der Waals surface area contributed by atoms with Crippen molar-refractivity contribution >= 4 is 44.2 Å². The number of allylic oxidation sites excluding steroid dienone is 4. The molecule has 294 valence electrons. The molecule has 0 bridgehead atoms. The van der Waals surface area contributed by atoms with E-state index in [9.17, 15) is 0 Å². The van der Waals surface area contributed by atoms with E-state index >= 15 is 0 Å². The van der Waals surface area contributed by atoms with Crippen LogP contribution >= 0.6 is 0 Å². The quantitative estimate of drug-likeness (QED) is 0.152. The molecule has 0 aromatic heterocycles. The largest absolute Gasteiger partial charge is 0.310 e. The number of hydrogen-bond acceptors (Lipinski definition) is 1. The van der Waals surface area contributed by atoms with Crippen molar-refractivity contribution in [3.63, 3.8) is 0 Å². The Morgan fingerprint density at radius 3 is 1.82 bits per heavy atom. The zero-order chi connectivity index (χ0) is 40.8. The first-order valence-corrected chi connectivity index (χ1v) is 22.2. The van der Waals surface area contributed by atoms with Crippen molar-refractivity contribution in [2.45, 2.75) is 70.6 Å². The molecule has 1 saturated carbocycles. The molecule has 1 heteroatoms. The first kappa shape index (κ1) is 37.8. The molecule has 3 aliphatic carbocycles. The number of rotatable bonds is 6. The van der Waals surface area contributed by atoms with E-state index in [4.69, 9.17) is 0 Å². The lowest BCUT2D eigenvalue weighted by molar-refractivity contribution is 0.346. The van der Waals surface area contributed by atoms with Crippen LogP contribution in [0.4, 0.5) is 17.1 Å². The molecule has 0 unspecified atom stereocenters. The van der Waals surface area contributed by atoms with Gasteiger partial charge in [-0.1, -0.05) is 196 Å². The monoisotopic (exact) mass is 775 g/mol. The summed E-state index contributed by atoms with van der Waals surface area (Å²) < 4.78 is 0. The summed E-state index contributed by atoms with van der Waals surface area (Å²) in [6.07, 6.45) is 10.8. The van der Waals surface area contributed by atoms with Gasteiger partial charge < -0.3 is 4.90 Å². The Morgan fingerprint density at radius 2 is 1.08 bits per heavy atom. The van der Waals surface area contributed by atoms with E-state index in [1.54, 1.807) is 0 Å². The lowest BCUT2D eigenvalue weighted by Gasteiger charge is -2.40. The van der Waals surface area contributed by atoms with Crippen molar-refractivity contribution in [3.8, 4) is 11.1 Å². The molecule has 60 heavy (non-hydrogen) atoms. The molecular formula is C59H53N. The van der Waals surface area contributed by atoms with Gasteiger partial charge in [-0.25, -0.2) is 0 Å². The first-order chi connectivity index (χ1) is 29.6. The number of anilines is 3. The van der Waals surface area contributed by atoms with Crippen LogP contribution in [0, 0.1) is 0 Å². The van der Waals surface area contributed by atoms with Crippen molar-refractivity contribution in [3.05, 3.63) is 227 Å². The molecular weight excluding hydrogens is 723 g/mol. The van der Waals surface area contributed by atoms with Gasteiger partial charge in [0.25, 0.3) is 0 Å². The second-order valence-electron chi connectivity index (χ2n) is 16.7. The highest BCUT2D eigenvalue weighted by molar-refractivity contribution is 6.09. The van der Waals surface area contributed by atoms with E-state index < -0.39 is 5.41 Å². The van der Waals surface area contributed by atoms with E-state index in [0.717, 1.165) is 0 Å². The van der Waals surface area contributed by atoms with Crippen LogP contribution in [-0.2, 0) is 10.8 Å². The predicted molar refractivity (Wildman–Crippen MR) is 257 cm³/mol. The normalized spacial score (nSPS) is 15.8. The van der Waals surface area contributed by atoms with E-state index in [0.29, 0.717) is 0 Å². The van der Waals surface area contributed by atoms with Crippen molar-refractivity contribution in [1.29, 1.82) is 0 Å². The van der Waals surface area contributed by atoms with Gasteiger partial charge in [0.2, 0.25) is 0 Å². The van der Waals surface area contributed by atoms with Crippen molar-refractivity contribution in [1.82, 2.24) is 0 Å². The third-order valence-electron chi connectivity index (χ3n) is 13.9. The fourth-order valence-electron chi connectivity index (χ4n) is 11.4. The Morgan fingerprint density at radius 1 is 0.500 bits per heavy atom. The minimum Gasteiger partial charge on any atom is -0.310 e. The number of fused-ring (bicyclic) bond motifs is 8. The third-order valence-corrected chi connectivity index (χ3v) is 13.9. The summed E-state index contributed by atoms with van der Waals surface area (Å²) in [6.45, 7) is 8.59. The van der Waals surface area contributed by atoms with E-state index in [1.165, 1.54) is 126 Å². The molecule has 0 aliphatic heterocycles. The second kappa shape index (κ2) is 15.3. The molecule has 1 fully saturated rings. The van der Waals surface area contributed by atoms with Crippen LogP contribution in [0.1, 0.15) is 93.2 Å². The molecule has 1 spiro atoms. The summed E-state index contributed by atoms with van der Waals surface area (Å²) in [4.78, 5) is 2.62. The molecule has 0 heterocycles. The van der Waals surface area contributed by atoms with Crippen molar-refractivity contribution in [2.24, 2.45) is 0 Å². The highest BCUT2D eigenvalue weighted by atomic mass is 15.1. The minimum absolute atomic E-state index is 0.00557. The number of hydrogen-bond donors (Lipinski definition) is 0. The maximum atomic E-state index is 2.62. The molecule has 8 aromatic carbocycles. The van der Waals surface area contributed by atoms with Gasteiger partial charge in [-0.15, -0.1) is 0 Å². The molecule has 0 amide bonds. The number of nitrogens with zero attached hydrogens (tertiary/aromatic N) is 1. The SMILES string of the molecule is C/C=C\C1=C(C)C2(CCCCC2)c2c1cccc2N(c1ccc2c(c1)C(c1ccccc1)(c1ccccc1)c1ccccc1-2)c1ccc2ccc3ccccc3c2c1.CC. The van der Waals surface area contributed by atoms with Crippen LogP contribution in [0.15, 0.2) is 194 Å². The number of benzene rings is 8. The minimum atomic E-state index is -0.490. The molecule has 0 saturated heterocycles. The van der Waals surface area contributed by atoms with Gasteiger partial charge in [0, 0.05) is 16.8 Å². The fraction of sp³-hybridized carbons (Fsp3) is 0.186. The summed E-state index contributed by atoms with van der Waals surface area (Å²) in [5, 5.41) is 5.09. The zero-order valence-corrected chi connectivity index (χ0v) is 35.4. The Bertz CT molecular complexity index is 2900. The van der Waals surface area contributed by atoms with Crippen LogP contribution in [0.5, 0.6) is 0 Å². The molecule has 3 aliphatic rings. The van der Waals surface area contributed by atoms with Gasteiger partial charge in [-0.05, 0) is 129 Å². The maximum Gasteiger partial charge on any atom is 0.0714 e. The van der Waals surface area contributed by atoms with E-state index in [2.05, 4.69) is 207 Å². The van der Waals surface area contributed by atoms with Gasteiger partial charge in [0.05, 0.1) is 11.1 Å². The van der Waals surface area contributed by atoms with Crippen LogP contribution in [0.25, 0.3) is 38.2 Å². The lowest BCUT2D eigenvalue weighted by atomic mass is 9.66. The smallest absolute Gasteiger partial charge is 0.0714 e. The van der Waals surface area contributed by atoms with Crippen molar-refractivity contribution in [2.75, 3.05) is 4.90 Å². The summed E-state index contributed by atoms with van der Waals surface area (Å²) >= 11 is 0. The van der Waals surface area contributed by atoms with Gasteiger partial charge >= 0.3 is 0 Å². The second-order valence-corrected chi connectivity index (χ2v) is 16.7. The van der Waals surface area contributed by atoms with Gasteiger partial charge in [0.1, 0.15) is 0 Å². The van der Waals surface area contributed by atoms with Crippen LogP contribution in [0.3, 0.4) is 0 Å². The molecule has 11 rings (SSSR count). The standard InChI is InChI=1S/C57H47N.C2H6/c1-3-18-46-39(2)56(35-15-6-16-36-56)55-50(46)26-17-28-54(55)58(44-32-31-41-30-29-40-19-11-12-24-47(40)51(41)37-44)45-33-34-49-48-25-13-14-27-52(48)57(53(49)38-45,42-20-7-4-8-21-42)43-22-9-5-10-23-43;1-2/h3-5,7-14,17-34,37-38H,6,15-16,35-36H2,1-2H3;1-2H3/b18-3-;. The summed E-state index contributed by atoms with van der Waals surface area (Å²) in [5.74, 6) is 0. The summed E-state index contributed by atoms with van der Waals surface area (Å²) in [7, 11) is 0. The molecule has 1 nitrogen and oxygen atoms in total. The van der Waals surface area contributed by atoms with Crippen LogP contribution < -0.4 is 4.90 Å². The van der Waals surface area contributed by atoms with Crippen LogP contribution in [0.2, 0.25) is 0 Å². The average Bonchev–Trinajstić information content (AvgIpc) is 3.73. The van der Waals surface area contributed by atoms with Crippen LogP contribution in [-0.4, -0.2) is 0 Å². The summed E-state index contributed by atoms with van der Waals surface area (Å²) in [6, 6.07) is 66.4. The average molecular weight is 776 g/mol. The Kier molecular flexibility index (Phi) is 9.64. The molecule has 0 radical (unpaired) electrons. The summed E-state index contributed by atoms with van der Waals surface area (Å²) in [5.41, 5.74) is 16.8. The predicted octanol–water partition coefficient (Wildman–Crippen LogP) is 16.4. The van der Waals surface area contributed by atoms with E-state index in [-0.39, 0.29) is 5.41 Å². The van der Waals surface area contributed by atoms with E-state index in [1.807, 2.05) is 13.8 Å². The Balaban J connectivity index is 0.00000213. The fourth-order valence-corrected chi connectivity index (χ4v) is 11.4. The Hall–Kier alpha value is -6.44. The van der Waals surface area contributed by atoms with Crippen molar-refractivity contribution < 1.29 is 0 Å². The topological polar surface area (TPSA) is 3.24 Å². The first-order valence-electron chi connectivity index (χ1n) is 22.2. The van der Waals surface area contributed by atoms with Gasteiger partial charge in [-0.2, -0.15) is 0 Å². The molecule has 0 atom stereocenters. The molecule has 0 N–H and O–H groups in total. The lowest BCUT2D eigenvalue weighted by Crippen LogP contribution is -2.31. The maximum absolute atomic E-state index is 2.62. The molecule has 8 aromatic rings.